The highest BCUT2D eigenvalue weighted by molar-refractivity contribution is 5.85. The van der Waals surface area contributed by atoms with Crippen LogP contribution in [-0.4, -0.2) is 16.2 Å². The molecule has 1 aromatic rings. The molecule has 0 aliphatic heterocycles. The Morgan fingerprint density at radius 3 is 2.54 bits per heavy atom. The van der Waals surface area contributed by atoms with E-state index in [1.807, 2.05) is 0 Å². The third kappa shape index (κ3) is 2.93. The van der Waals surface area contributed by atoms with Gasteiger partial charge in [-0.3, -0.25) is 4.79 Å². The van der Waals surface area contributed by atoms with E-state index in [0.717, 1.165) is 0 Å². The molecule has 0 aliphatic rings. The number of nitrogens with two attached hydrogens (primary N) is 1. The Morgan fingerprint density at radius 1 is 1.46 bits per heavy atom. The maximum atomic E-state index is 10.4. The minimum Gasteiger partial charge on any atom is -0.508 e. The number of aromatic hydroxyl groups is 1. The Kier molecular flexibility index (Phi) is 4.23. The molecule has 0 radical (unpaired) electrons. The van der Waals surface area contributed by atoms with Gasteiger partial charge in [0.25, 0.3) is 0 Å². The lowest BCUT2D eigenvalue weighted by Gasteiger charge is -2.05. The summed E-state index contributed by atoms with van der Waals surface area (Å²) in [6, 6.07) is 4.82. The lowest BCUT2D eigenvalue weighted by Crippen LogP contribution is -2.20. The van der Waals surface area contributed by atoms with Crippen LogP contribution >= 0.6 is 12.4 Å². The van der Waals surface area contributed by atoms with Crippen molar-refractivity contribution < 1.29 is 15.0 Å². The first-order chi connectivity index (χ1) is 5.61. The number of phenols is 1. The van der Waals surface area contributed by atoms with E-state index in [0.29, 0.717) is 5.56 Å². The maximum absolute atomic E-state index is 10.4. The van der Waals surface area contributed by atoms with Gasteiger partial charge in [-0.25, -0.2) is 0 Å². The molecule has 13 heavy (non-hydrogen) atoms. The highest BCUT2D eigenvalue weighted by atomic mass is 35.5. The first kappa shape index (κ1) is 11.7. The van der Waals surface area contributed by atoms with Gasteiger partial charge in [-0.15, -0.1) is 12.4 Å². The number of carbonyl (C=O) groups is 1. The number of aliphatic carboxylic acids is 1. The van der Waals surface area contributed by atoms with E-state index in [1.165, 1.54) is 12.1 Å². The van der Waals surface area contributed by atoms with E-state index >= 15 is 0 Å². The lowest BCUT2D eigenvalue weighted by atomic mass is 10.1. The first-order valence-electron chi connectivity index (χ1n) is 3.38. The molecular formula is C8H10ClNO3. The normalized spacial score (nSPS) is 11.5. The number of carboxylic acid groups (broad SMARTS) is 1. The molecule has 1 rings (SSSR count). The molecule has 0 saturated heterocycles. The van der Waals surface area contributed by atoms with Crippen LogP contribution in [0.2, 0.25) is 0 Å². The third-order valence-corrected chi connectivity index (χ3v) is 1.50. The molecule has 0 aliphatic carbocycles. The molecule has 0 amide bonds. The second-order valence-electron chi connectivity index (χ2n) is 2.41. The fourth-order valence-electron chi connectivity index (χ4n) is 0.861. The predicted octanol–water partition coefficient (Wildman–Crippen LogP) is 0.898. The van der Waals surface area contributed by atoms with Crippen LogP contribution in [-0.2, 0) is 4.79 Å². The average Bonchev–Trinajstić information content (AvgIpc) is 2.03. The van der Waals surface area contributed by atoms with E-state index in [4.69, 9.17) is 15.9 Å². The van der Waals surface area contributed by atoms with E-state index in [2.05, 4.69) is 0 Å². The average molecular weight is 204 g/mol. The number of hydrogen-bond donors (Lipinski definition) is 3. The van der Waals surface area contributed by atoms with Crippen molar-refractivity contribution in [1.29, 1.82) is 0 Å². The molecule has 0 bridgehead atoms. The quantitative estimate of drug-likeness (QED) is 0.667. The van der Waals surface area contributed by atoms with E-state index in [1.54, 1.807) is 12.1 Å². The van der Waals surface area contributed by atoms with Gasteiger partial charge in [0.2, 0.25) is 0 Å². The van der Waals surface area contributed by atoms with Crippen molar-refractivity contribution in [3.63, 3.8) is 0 Å². The van der Waals surface area contributed by atoms with Crippen molar-refractivity contribution in [1.82, 2.24) is 0 Å². The summed E-state index contributed by atoms with van der Waals surface area (Å²) < 4.78 is 0. The van der Waals surface area contributed by atoms with Crippen LogP contribution in [0.15, 0.2) is 24.3 Å². The van der Waals surface area contributed by atoms with E-state index in [9.17, 15) is 4.79 Å². The summed E-state index contributed by atoms with van der Waals surface area (Å²) in [5, 5.41) is 17.5. The Labute approximate surface area is 81.4 Å². The molecule has 0 spiro atoms. The van der Waals surface area contributed by atoms with Crippen molar-refractivity contribution in [2.24, 2.45) is 5.73 Å². The zero-order valence-electron chi connectivity index (χ0n) is 6.68. The number of carboxylic acids is 1. The molecule has 1 aromatic carbocycles. The van der Waals surface area contributed by atoms with Gasteiger partial charge in [0.1, 0.15) is 11.8 Å². The zero-order chi connectivity index (χ0) is 9.14. The molecule has 1 atom stereocenters. The molecular weight excluding hydrogens is 194 g/mol. The number of halogens is 1. The summed E-state index contributed by atoms with van der Waals surface area (Å²) >= 11 is 0. The Bertz CT molecular complexity index is 303. The lowest BCUT2D eigenvalue weighted by molar-refractivity contribution is -0.138. The SMILES string of the molecule is Cl.N[C@@H](C(=O)O)c1cccc(O)c1. The van der Waals surface area contributed by atoms with Gasteiger partial charge >= 0.3 is 5.97 Å². The van der Waals surface area contributed by atoms with Crippen LogP contribution in [0.1, 0.15) is 11.6 Å². The van der Waals surface area contributed by atoms with E-state index in [-0.39, 0.29) is 18.2 Å². The van der Waals surface area contributed by atoms with Crippen LogP contribution in [0.25, 0.3) is 0 Å². The summed E-state index contributed by atoms with van der Waals surface area (Å²) in [7, 11) is 0. The molecule has 0 heterocycles. The summed E-state index contributed by atoms with van der Waals surface area (Å²) in [4.78, 5) is 10.4. The maximum Gasteiger partial charge on any atom is 0.325 e. The highest BCUT2D eigenvalue weighted by Gasteiger charge is 2.13. The molecule has 0 fully saturated rings. The molecule has 0 unspecified atom stereocenters. The number of rotatable bonds is 2. The minimum absolute atomic E-state index is 0. The number of benzene rings is 1. The van der Waals surface area contributed by atoms with Crippen LogP contribution in [0, 0.1) is 0 Å². The summed E-state index contributed by atoms with van der Waals surface area (Å²) in [5.74, 6) is -1.09. The van der Waals surface area contributed by atoms with Crippen molar-refractivity contribution in [2.45, 2.75) is 6.04 Å². The molecule has 4 nitrogen and oxygen atoms in total. The predicted molar refractivity (Wildman–Crippen MR) is 49.9 cm³/mol. The van der Waals surface area contributed by atoms with Gasteiger partial charge < -0.3 is 15.9 Å². The summed E-state index contributed by atoms with van der Waals surface area (Å²) in [5.41, 5.74) is 5.69. The van der Waals surface area contributed by atoms with Gasteiger partial charge in [0, 0.05) is 0 Å². The molecule has 72 valence electrons. The fraction of sp³-hybridized carbons (Fsp3) is 0.125. The third-order valence-electron chi connectivity index (χ3n) is 1.50. The van der Waals surface area contributed by atoms with Crippen LogP contribution in [0.5, 0.6) is 5.75 Å². The standard InChI is InChI=1S/C8H9NO3.ClH/c9-7(8(11)12)5-2-1-3-6(10)4-5;/h1-4,7,10H,9H2,(H,11,12);1H/t7-;/m1./s1. The van der Waals surface area contributed by atoms with Gasteiger partial charge in [-0.1, -0.05) is 12.1 Å². The van der Waals surface area contributed by atoms with Gasteiger partial charge in [-0.2, -0.15) is 0 Å². The molecule has 0 aromatic heterocycles. The molecule has 4 N–H and O–H groups in total. The van der Waals surface area contributed by atoms with Crippen LogP contribution < -0.4 is 5.73 Å². The van der Waals surface area contributed by atoms with Crippen LogP contribution in [0.4, 0.5) is 0 Å². The van der Waals surface area contributed by atoms with Gasteiger partial charge in [0.15, 0.2) is 0 Å². The van der Waals surface area contributed by atoms with Crippen molar-refractivity contribution in [3.8, 4) is 5.75 Å². The molecule has 5 heteroatoms. The number of hydrogen-bond acceptors (Lipinski definition) is 3. The van der Waals surface area contributed by atoms with Gasteiger partial charge in [0.05, 0.1) is 0 Å². The zero-order valence-corrected chi connectivity index (χ0v) is 7.49. The van der Waals surface area contributed by atoms with Crippen LogP contribution in [0.3, 0.4) is 0 Å². The molecule has 0 saturated carbocycles. The number of phenolic OH excluding ortho intramolecular Hbond substituents is 1. The van der Waals surface area contributed by atoms with Crippen molar-refractivity contribution in [3.05, 3.63) is 29.8 Å². The second-order valence-corrected chi connectivity index (χ2v) is 2.41. The fourth-order valence-corrected chi connectivity index (χ4v) is 0.861. The monoisotopic (exact) mass is 203 g/mol. The minimum atomic E-state index is -1.11. The van der Waals surface area contributed by atoms with Crippen molar-refractivity contribution >= 4 is 18.4 Å². The summed E-state index contributed by atoms with van der Waals surface area (Å²) in [6.45, 7) is 0. The van der Waals surface area contributed by atoms with Crippen molar-refractivity contribution in [2.75, 3.05) is 0 Å². The Hall–Kier alpha value is -1.26. The Balaban J connectivity index is 0.00000144. The van der Waals surface area contributed by atoms with E-state index < -0.39 is 12.0 Å². The Morgan fingerprint density at radius 2 is 2.08 bits per heavy atom. The van der Waals surface area contributed by atoms with Gasteiger partial charge in [-0.05, 0) is 17.7 Å². The smallest absolute Gasteiger partial charge is 0.325 e. The largest absolute Gasteiger partial charge is 0.508 e. The summed E-state index contributed by atoms with van der Waals surface area (Å²) in [6.07, 6.45) is 0. The first-order valence-corrected chi connectivity index (χ1v) is 3.38. The topological polar surface area (TPSA) is 83.6 Å². The second kappa shape index (κ2) is 4.69. The highest BCUT2D eigenvalue weighted by Crippen LogP contribution is 2.16.